The number of aromatic nitrogens is 1. The molecular formula is C10H5ClF3N. The first-order valence-electron chi connectivity index (χ1n) is 4.11. The number of alkyl halides is 3. The van der Waals surface area contributed by atoms with Crippen LogP contribution in [0.15, 0.2) is 30.3 Å². The molecule has 78 valence electrons. The van der Waals surface area contributed by atoms with Gasteiger partial charge in [0.2, 0.25) is 0 Å². The number of halogens is 4. The van der Waals surface area contributed by atoms with Crippen LogP contribution in [0, 0.1) is 0 Å². The average molecular weight is 232 g/mol. The monoisotopic (exact) mass is 231 g/mol. The highest BCUT2D eigenvalue weighted by molar-refractivity contribution is 6.35. The van der Waals surface area contributed by atoms with Gasteiger partial charge in [0.1, 0.15) is 5.69 Å². The molecule has 5 heteroatoms. The molecule has 1 aromatic carbocycles. The molecule has 0 aliphatic carbocycles. The number of hydrogen-bond acceptors (Lipinski definition) is 1. The summed E-state index contributed by atoms with van der Waals surface area (Å²) in [4.78, 5) is 3.49. The molecule has 0 radical (unpaired) electrons. The van der Waals surface area contributed by atoms with Crippen molar-refractivity contribution in [3.05, 3.63) is 41.0 Å². The van der Waals surface area contributed by atoms with Crippen molar-refractivity contribution in [1.82, 2.24) is 4.98 Å². The molecule has 1 nitrogen and oxygen atoms in total. The van der Waals surface area contributed by atoms with Crippen LogP contribution in [0.2, 0.25) is 5.02 Å². The molecule has 0 aliphatic heterocycles. The molecular weight excluding hydrogens is 227 g/mol. The van der Waals surface area contributed by atoms with Crippen molar-refractivity contribution in [2.45, 2.75) is 6.18 Å². The second-order valence-corrected chi connectivity index (χ2v) is 3.41. The lowest BCUT2D eigenvalue weighted by molar-refractivity contribution is -0.140. The van der Waals surface area contributed by atoms with Crippen LogP contribution in [-0.4, -0.2) is 4.98 Å². The van der Waals surface area contributed by atoms with E-state index in [1.807, 2.05) is 0 Å². The lowest BCUT2D eigenvalue weighted by Crippen LogP contribution is -2.07. The van der Waals surface area contributed by atoms with Crippen molar-refractivity contribution in [2.24, 2.45) is 0 Å². The maximum Gasteiger partial charge on any atom is 0.433 e. The number of nitrogens with zero attached hydrogens (tertiary/aromatic N) is 1. The van der Waals surface area contributed by atoms with Gasteiger partial charge in [-0.3, -0.25) is 0 Å². The van der Waals surface area contributed by atoms with Crippen molar-refractivity contribution < 1.29 is 13.2 Å². The van der Waals surface area contributed by atoms with E-state index < -0.39 is 11.9 Å². The highest BCUT2D eigenvalue weighted by Crippen LogP contribution is 2.30. The number of fused-ring (bicyclic) bond motifs is 1. The fourth-order valence-corrected chi connectivity index (χ4v) is 1.49. The number of hydrogen-bond donors (Lipinski definition) is 0. The molecule has 0 bridgehead atoms. The molecule has 0 N–H and O–H groups in total. The summed E-state index contributed by atoms with van der Waals surface area (Å²) in [7, 11) is 0. The second kappa shape index (κ2) is 3.38. The van der Waals surface area contributed by atoms with E-state index in [2.05, 4.69) is 4.98 Å². The summed E-state index contributed by atoms with van der Waals surface area (Å²) < 4.78 is 37.0. The van der Waals surface area contributed by atoms with Gasteiger partial charge in [0.05, 0.1) is 10.5 Å². The van der Waals surface area contributed by atoms with Gasteiger partial charge in [-0.1, -0.05) is 29.8 Å². The van der Waals surface area contributed by atoms with E-state index in [4.69, 9.17) is 11.6 Å². The minimum Gasteiger partial charge on any atom is -0.242 e. The number of pyridine rings is 1. The van der Waals surface area contributed by atoms with Crippen LogP contribution < -0.4 is 0 Å². The van der Waals surface area contributed by atoms with Crippen LogP contribution in [0.4, 0.5) is 13.2 Å². The Labute approximate surface area is 88.5 Å². The molecule has 0 spiro atoms. The van der Waals surface area contributed by atoms with E-state index in [0.717, 1.165) is 6.07 Å². The van der Waals surface area contributed by atoms with Gasteiger partial charge in [-0.15, -0.1) is 0 Å². The van der Waals surface area contributed by atoms with E-state index >= 15 is 0 Å². The molecule has 1 aromatic heterocycles. The first kappa shape index (κ1) is 10.2. The van der Waals surface area contributed by atoms with Crippen LogP contribution in [0.5, 0.6) is 0 Å². The first-order chi connectivity index (χ1) is 6.98. The number of para-hydroxylation sites is 1. The second-order valence-electron chi connectivity index (χ2n) is 3.01. The minimum atomic E-state index is -4.44. The molecule has 0 atom stereocenters. The van der Waals surface area contributed by atoms with Gasteiger partial charge in [0, 0.05) is 5.39 Å². The molecule has 1 heterocycles. The quantitative estimate of drug-likeness (QED) is 0.670. The van der Waals surface area contributed by atoms with Crippen LogP contribution in [0.1, 0.15) is 5.69 Å². The van der Waals surface area contributed by atoms with E-state index in [9.17, 15) is 13.2 Å². The van der Waals surface area contributed by atoms with Gasteiger partial charge in [0.25, 0.3) is 0 Å². The van der Waals surface area contributed by atoms with Crippen molar-refractivity contribution in [3.63, 3.8) is 0 Å². The van der Waals surface area contributed by atoms with Crippen molar-refractivity contribution >= 4 is 22.5 Å². The molecule has 0 amide bonds. The fraction of sp³-hybridized carbons (Fsp3) is 0.100. The predicted molar refractivity (Wildman–Crippen MR) is 51.8 cm³/mol. The van der Waals surface area contributed by atoms with Crippen LogP contribution in [0.25, 0.3) is 10.9 Å². The minimum absolute atomic E-state index is 0.175. The van der Waals surface area contributed by atoms with Crippen molar-refractivity contribution in [2.75, 3.05) is 0 Å². The molecule has 0 saturated carbocycles. The topological polar surface area (TPSA) is 12.9 Å². The van der Waals surface area contributed by atoms with Gasteiger partial charge in [-0.25, -0.2) is 4.98 Å². The molecule has 2 rings (SSSR count). The van der Waals surface area contributed by atoms with E-state index in [0.29, 0.717) is 5.39 Å². The highest BCUT2D eigenvalue weighted by atomic mass is 35.5. The smallest absolute Gasteiger partial charge is 0.242 e. The highest BCUT2D eigenvalue weighted by Gasteiger charge is 2.32. The van der Waals surface area contributed by atoms with Crippen LogP contribution in [-0.2, 0) is 6.18 Å². The molecule has 2 aromatic rings. The molecule has 0 unspecified atom stereocenters. The van der Waals surface area contributed by atoms with Gasteiger partial charge < -0.3 is 0 Å². The summed E-state index contributed by atoms with van der Waals surface area (Å²) in [6.45, 7) is 0. The molecule has 0 saturated heterocycles. The molecule has 15 heavy (non-hydrogen) atoms. The SMILES string of the molecule is FC(F)(F)c1ccc2cccc(Cl)c2n1. The third kappa shape index (κ3) is 1.90. The van der Waals surface area contributed by atoms with E-state index in [-0.39, 0.29) is 10.5 Å². The average Bonchev–Trinajstić information content (AvgIpc) is 2.16. The Morgan fingerprint density at radius 2 is 1.80 bits per heavy atom. The summed E-state index contributed by atoms with van der Waals surface area (Å²) in [5.74, 6) is 0. The fourth-order valence-electron chi connectivity index (χ4n) is 1.27. The van der Waals surface area contributed by atoms with Gasteiger partial charge in [0.15, 0.2) is 0 Å². The van der Waals surface area contributed by atoms with Gasteiger partial charge in [-0.2, -0.15) is 13.2 Å². The van der Waals surface area contributed by atoms with E-state index in [1.165, 1.54) is 12.1 Å². The Hall–Kier alpha value is -1.29. The zero-order valence-electron chi connectivity index (χ0n) is 7.35. The first-order valence-corrected chi connectivity index (χ1v) is 4.49. The maximum absolute atomic E-state index is 12.3. The molecule has 0 aliphatic rings. The largest absolute Gasteiger partial charge is 0.433 e. The van der Waals surface area contributed by atoms with E-state index in [1.54, 1.807) is 12.1 Å². The Kier molecular flexibility index (Phi) is 2.31. The molecule has 0 fully saturated rings. The summed E-state index contributed by atoms with van der Waals surface area (Å²) in [5, 5.41) is 0.814. The van der Waals surface area contributed by atoms with Crippen LogP contribution in [0.3, 0.4) is 0 Å². The Morgan fingerprint density at radius 3 is 2.47 bits per heavy atom. The third-order valence-corrected chi connectivity index (χ3v) is 2.27. The number of rotatable bonds is 0. The lowest BCUT2D eigenvalue weighted by atomic mass is 10.2. The zero-order chi connectivity index (χ0) is 11.1. The van der Waals surface area contributed by atoms with Gasteiger partial charge >= 0.3 is 6.18 Å². The maximum atomic E-state index is 12.3. The Morgan fingerprint density at radius 1 is 1.07 bits per heavy atom. The summed E-state index contributed by atoms with van der Waals surface area (Å²) in [6.07, 6.45) is -4.44. The Balaban J connectivity index is 2.70. The summed E-state index contributed by atoms with van der Waals surface area (Å²) in [6, 6.07) is 7.14. The third-order valence-electron chi connectivity index (χ3n) is 1.96. The van der Waals surface area contributed by atoms with Crippen LogP contribution >= 0.6 is 11.6 Å². The Bertz CT molecular complexity index is 507. The van der Waals surface area contributed by atoms with Crippen molar-refractivity contribution in [3.8, 4) is 0 Å². The summed E-state index contributed by atoms with van der Waals surface area (Å²) in [5.41, 5.74) is -0.753. The predicted octanol–water partition coefficient (Wildman–Crippen LogP) is 3.91. The normalized spacial score (nSPS) is 12.0. The zero-order valence-corrected chi connectivity index (χ0v) is 8.10. The summed E-state index contributed by atoms with van der Waals surface area (Å²) >= 11 is 5.75. The number of benzene rings is 1. The standard InChI is InChI=1S/C10H5ClF3N/c11-7-3-1-2-6-4-5-8(10(12,13)14)15-9(6)7/h1-5H. The lowest BCUT2D eigenvalue weighted by Gasteiger charge is -2.07. The van der Waals surface area contributed by atoms with Gasteiger partial charge in [-0.05, 0) is 12.1 Å². The van der Waals surface area contributed by atoms with Crippen molar-refractivity contribution in [1.29, 1.82) is 0 Å².